The summed E-state index contributed by atoms with van der Waals surface area (Å²) in [4.78, 5) is 16.7. The van der Waals surface area contributed by atoms with E-state index in [4.69, 9.17) is 4.74 Å². The first-order valence-electron chi connectivity index (χ1n) is 9.25. The van der Waals surface area contributed by atoms with E-state index in [1.165, 1.54) is 12.3 Å². The van der Waals surface area contributed by atoms with Crippen molar-refractivity contribution in [3.8, 4) is 5.88 Å². The molecule has 2 heterocycles. The molecule has 1 aromatic carbocycles. The Morgan fingerprint density at radius 3 is 2.80 bits per heavy atom. The first kappa shape index (κ1) is 21.6. The van der Waals surface area contributed by atoms with Crippen molar-refractivity contribution < 1.29 is 22.5 Å². The van der Waals surface area contributed by atoms with Crippen LogP contribution in [0.1, 0.15) is 37.6 Å². The predicted molar refractivity (Wildman–Crippen MR) is 111 cm³/mol. The summed E-state index contributed by atoms with van der Waals surface area (Å²) in [5, 5.41) is 9.65. The maximum absolute atomic E-state index is 14.7. The molecule has 2 aromatic heterocycles. The lowest BCUT2D eigenvalue weighted by atomic mass is 10.1. The van der Waals surface area contributed by atoms with Crippen LogP contribution < -0.4 is 14.8 Å². The molecule has 0 spiro atoms. The highest BCUT2D eigenvalue weighted by Gasteiger charge is 2.22. The molecule has 3 rings (SSSR count). The second-order valence-corrected chi connectivity index (χ2v) is 8.01. The van der Waals surface area contributed by atoms with Gasteiger partial charge in [0.25, 0.3) is 5.91 Å². The number of anilines is 2. The van der Waals surface area contributed by atoms with Crippen molar-refractivity contribution in [2.24, 2.45) is 0 Å². The number of pyridine rings is 1. The Hall–Kier alpha value is -3.08. The minimum Gasteiger partial charge on any atom is -0.473 e. The Balaban J connectivity index is 1.87. The van der Waals surface area contributed by atoms with Crippen LogP contribution in [0.3, 0.4) is 0 Å². The molecule has 3 N–H and O–H groups in total. The minimum absolute atomic E-state index is 0.133. The average Bonchev–Trinajstić information content (AvgIpc) is 3.06. The van der Waals surface area contributed by atoms with Gasteiger partial charge >= 0.3 is 0 Å². The van der Waals surface area contributed by atoms with E-state index in [0.717, 1.165) is 12.1 Å². The number of hydrogen-bond donors (Lipinski definition) is 3. The van der Waals surface area contributed by atoms with Crippen LogP contribution in [0.4, 0.5) is 20.2 Å². The zero-order valence-electron chi connectivity index (χ0n) is 16.6. The summed E-state index contributed by atoms with van der Waals surface area (Å²) in [5.41, 5.74) is -0.372. The van der Waals surface area contributed by atoms with E-state index >= 15 is 0 Å². The highest BCUT2D eigenvalue weighted by atomic mass is 32.2. The summed E-state index contributed by atoms with van der Waals surface area (Å²) in [6, 6.07) is 3.58. The van der Waals surface area contributed by atoms with Crippen LogP contribution in [-0.2, 0) is 11.0 Å². The van der Waals surface area contributed by atoms with Gasteiger partial charge in [0.05, 0.1) is 29.1 Å². The SMILES string of the molecule is CCCS(=O)Nc1ccc(F)c(C(=O)Nc2cnc3[nH]nc(OC(C)C)c3c2)c1F. The number of hydrogen-bond acceptors (Lipinski definition) is 5. The highest BCUT2D eigenvalue weighted by molar-refractivity contribution is 7.86. The predicted octanol–water partition coefficient (Wildman–Crippen LogP) is 3.76. The summed E-state index contributed by atoms with van der Waals surface area (Å²) in [6.07, 6.45) is 1.81. The molecule has 0 aliphatic rings. The van der Waals surface area contributed by atoms with E-state index in [1.54, 1.807) is 0 Å². The first-order valence-corrected chi connectivity index (χ1v) is 10.6. The monoisotopic (exact) mass is 437 g/mol. The maximum Gasteiger partial charge on any atom is 0.261 e. The number of halogens is 2. The Labute approximate surface area is 174 Å². The number of nitrogens with one attached hydrogen (secondary N) is 3. The maximum atomic E-state index is 14.7. The normalized spacial score (nSPS) is 12.2. The first-order chi connectivity index (χ1) is 14.3. The van der Waals surface area contributed by atoms with E-state index in [0.29, 0.717) is 23.3 Å². The van der Waals surface area contributed by atoms with Gasteiger partial charge in [0.15, 0.2) is 11.5 Å². The minimum atomic E-state index is -1.54. The lowest BCUT2D eigenvalue weighted by Gasteiger charge is -2.12. The van der Waals surface area contributed by atoms with Crippen LogP contribution in [-0.4, -0.2) is 37.2 Å². The fourth-order valence-electron chi connectivity index (χ4n) is 2.65. The van der Waals surface area contributed by atoms with Crippen LogP contribution in [0.5, 0.6) is 5.88 Å². The molecular formula is C19H21F2N5O3S. The standard InChI is InChI=1S/C19H21F2N5O3S/c1-4-7-30(28)26-14-6-5-13(20)15(16(14)21)18(27)23-11-8-12-17(22-9-11)24-25-19(12)29-10(2)3/h5-6,8-10,26H,4,7H2,1-3H3,(H,23,27)(H,22,24,25). The molecular weight excluding hydrogens is 416 g/mol. The summed E-state index contributed by atoms with van der Waals surface area (Å²) in [5.74, 6) is -2.59. The zero-order chi connectivity index (χ0) is 21.8. The van der Waals surface area contributed by atoms with Crippen LogP contribution in [0, 0.1) is 11.6 Å². The van der Waals surface area contributed by atoms with Gasteiger partial charge in [-0.3, -0.25) is 9.89 Å². The van der Waals surface area contributed by atoms with Gasteiger partial charge in [-0.05, 0) is 38.5 Å². The van der Waals surface area contributed by atoms with Gasteiger partial charge in [-0.2, -0.15) is 0 Å². The van der Waals surface area contributed by atoms with E-state index in [9.17, 15) is 17.8 Å². The molecule has 0 radical (unpaired) electrons. The molecule has 0 saturated heterocycles. The number of benzene rings is 1. The third-order valence-corrected chi connectivity index (χ3v) is 5.14. The number of aromatic nitrogens is 3. The van der Waals surface area contributed by atoms with Gasteiger partial charge in [-0.15, -0.1) is 5.10 Å². The number of nitrogens with zero attached hydrogens (tertiary/aromatic N) is 2. The van der Waals surface area contributed by atoms with E-state index in [2.05, 4.69) is 25.2 Å². The summed E-state index contributed by atoms with van der Waals surface area (Å²) >= 11 is 0. The summed E-state index contributed by atoms with van der Waals surface area (Å²) < 4.78 is 48.8. The van der Waals surface area contributed by atoms with Crippen molar-refractivity contribution in [2.45, 2.75) is 33.3 Å². The third-order valence-electron chi connectivity index (χ3n) is 3.92. The molecule has 0 bridgehead atoms. The number of fused-ring (bicyclic) bond motifs is 1. The molecule has 1 atom stereocenters. The molecule has 30 heavy (non-hydrogen) atoms. The molecule has 0 fully saturated rings. The Morgan fingerprint density at radius 1 is 1.33 bits per heavy atom. The third kappa shape index (κ3) is 4.73. The van der Waals surface area contributed by atoms with Crippen molar-refractivity contribution >= 4 is 39.3 Å². The number of aromatic amines is 1. The second-order valence-electron chi connectivity index (χ2n) is 6.71. The van der Waals surface area contributed by atoms with Crippen LogP contribution >= 0.6 is 0 Å². The Morgan fingerprint density at radius 2 is 2.10 bits per heavy atom. The molecule has 1 unspecified atom stereocenters. The van der Waals surface area contributed by atoms with Gasteiger partial charge in [-0.1, -0.05) is 6.92 Å². The second kappa shape index (κ2) is 9.16. The molecule has 0 aliphatic heterocycles. The molecule has 8 nitrogen and oxygen atoms in total. The number of carbonyl (C=O) groups excluding carboxylic acids is 1. The molecule has 160 valence electrons. The molecule has 1 amide bonds. The number of ether oxygens (including phenoxy) is 1. The summed E-state index contributed by atoms with van der Waals surface area (Å²) in [7, 11) is -1.54. The van der Waals surface area contributed by atoms with Crippen LogP contribution in [0.2, 0.25) is 0 Å². The quantitative estimate of drug-likeness (QED) is 0.497. The van der Waals surface area contributed by atoms with Gasteiger partial charge in [0.1, 0.15) is 22.4 Å². The molecule has 3 aromatic rings. The van der Waals surface area contributed by atoms with E-state index in [-0.39, 0.29) is 23.2 Å². The van der Waals surface area contributed by atoms with Gasteiger partial charge in [0.2, 0.25) is 5.88 Å². The van der Waals surface area contributed by atoms with Gasteiger partial charge < -0.3 is 14.8 Å². The van der Waals surface area contributed by atoms with Gasteiger partial charge in [0, 0.05) is 5.75 Å². The molecule has 0 saturated carbocycles. The largest absolute Gasteiger partial charge is 0.473 e. The fraction of sp³-hybridized carbons (Fsp3) is 0.316. The summed E-state index contributed by atoms with van der Waals surface area (Å²) in [6.45, 7) is 5.49. The smallest absolute Gasteiger partial charge is 0.261 e. The van der Waals surface area contributed by atoms with E-state index in [1.807, 2.05) is 20.8 Å². The zero-order valence-corrected chi connectivity index (χ0v) is 17.4. The lowest BCUT2D eigenvalue weighted by Crippen LogP contribution is -2.18. The Kier molecular flexibility index (Phi) is 6.60. The van der Waals surface area contributed by atoms with Crippen LogP contribution in [0.15, 0.2) is 24.4 Å². The van der Waals surface area contributed by atoms with E-state index < -0.39 is 34.1 Å². The Bertz CT molecular complexity index is 1100. The molecule has 11 heteroatoms. The lowest BCUT2D eigenvalue weighted by molar-refractivity contribution is 0.101. The molecule has 0 aliphatic carbocycles. The topological polar surface area (TPSA) is 109 Å². The van der Waals surface area contributed by atoms with Crippen molar-refractivity contribution in [1.82, 2.24) is 15.2 Å². The highest BCUT2D eigenvalue weighted by Crippen LogP contribution is 2.26. The number of amides is 1. The van der Waals surface area contributed by atoms with Crippen molar-refractivity contribution in [1.29, 1.82) is 0 Å². The van der Waals surface area contributed by atoms with Crippen molar-refractivity contribution in [3.63, 3.8) is 0 Å². The number of rotatable bonds is 8. The average molecular weight is 437 g/mol. The van der Waals surface area contributed by atoms with Crippen LogP contribution in [0.25, 0.3) is 11.0 Å². The number of carbonyl (C=O) groups is 1. The van der Waals surface area contributed by atoms with Gasteiger partial charge in [-0.25, -0.2) is 18.0 Å². The van der Waals surface area contributed by atoms with Crippen molar-refractivity contribution in [3.05, 3.63) is 41.6 Å². The van der Waals surface area contributed by atoms with Crippen molar-refractivity contribution in [2.75, 3.05) is 15.8 Å². The number of H-pyrrole nitrogens is 1. The fourth-order valence-corrected chi connectivity index (χ4v) is 3.53.